The summed E-state index contributed by atoms with van der Waals surface area (Å²) in [6.07, 6.45) is -17.8. The molecule has 20 nitrogen and oxygen atoms in total. The van der Waals surface area contributed by atoms with E-state index in [1.54, 1.807) is 57.2 Å². The van der Waals surface area contributed by atoms with Crippen LogP contribution in [0.3, 0.4) is 0 Å². The molecule has 0 saturated carbocycles. The molecule has 0 aliphatic carbocycles. The minimum absolute atomic E-state index is 0.00984. The van der Waals surface area contributed by atoms with Gasteiger partial charge < -0.3 is 51.9 Å². The van der Waals surface area contributed by atoms with E-state index in [4.69, 9.17) is 87.3 Å². The summed E-state index contributed by atoms with van der Waals surface area (Å²) in [4.78, 5) is 113. The van der Waals surface area contributed by atoms with Crippen molar-refractivity contribution in [1.29, 1.82) is 5.41 Å². The summed E-state index contributed by atoms with van der Waals surface area (Å²) in [6.45, 7) is 16.2. The van der Waals surface area contributed by atoms with Gasteiger partial charge in [0.15, 0.2) is 39.0 Å². The van der Waals surface area contributed by atoms with Crippen LogP contribution in [0, 0.1) is 26.2 Å². The van der Waals surface area contributed by atoms with Crippen molar-refractivity contribution < 1.29 is 85.4 Å². The standard InChI is InChI=1S/C59H65Cl3N2O18Si/c1-31-15-22-36(23-16-31)52(70)78-46-41(29-73-43(67)28-21-34(4)65)77-56(49(80-54(72)38-26-19-33(3)20-27-38)48(46)79-53(71)37-24-17-32(2)18-25-37)81-47-44(64-50(68)39-13-11-12-14-40(39)51(64)69)55(82-57(63)59(60,61)62)76-42(45(47)75-35(5)66)30-74-83(9,10)58(6,7)8/h11-20,22-27,41-42,44-49,55-56,63H,21,28-30H2,1-10H3/t41-,42-,44-,45+,46-,47-,48+,49-,55+,56+/m1/s1. The van der Waals surface area contributed by atoms with Crippen molar-refractivity contribution in [2.45, 2.75) is 152 Å². The first-order chi connectivity index (χ1) is 38.9. The van der Waals surface area contributed by atoms with Gasteiger partial charge in [0.2, 0.25) is 12.2 Å². The van der Waals surface area contributed by atoms with Crippen LogP contribution < -0.4 is 0 Å². The molecule has 24 heteroatoms. The fraction of sp³-hybridized carbons (Fsp3) is 0.441. The van der Waals surface area contributed by atoms with Gasteiger partial charge in [0, 0.05) is 13.3 Å². The third-order valence-electron chi connectivity index (χ3n) is 14.5. The minimum atomic E-state index is -2.78. The molecule has 3 heterocycles. The molecule has 0 radical (unpaired) electrons. The lowest BCUT2D eigenvalue weighted by Gasteiger charge is -2.51. The van der Waals surface area contributed by atoms with Crippen LogP contribution in [0.25, 0.3) is 0 Å². The third-order valence-corrected chi connectivity index (χ3v) is 19.5. The molecular formula is C59H65Cl3N2O18Si. The topological polar surface area (TPSA) is 256 Å². The predicted molar refractivity (Wildman–Crippen MR) is 303 cm³/mol. The van der Waals surface area contributed by atoms with Gasteiger partial charge in [0.25, 0.3) is 15.6 Å². The van der Waals surface area contributed by atoms with E-state index in [-0.39, 0.29) is 40.0 Å². The van der Waals surface area contributed by atoms with Crippen molar-refractivity contribution >= 4 is 96.5 Å². The first kappa shape index (κ1) is 64.0. The second-order valence-corrected chi connectivity index (χ2v) is 29.0. The van der Waals surface area contributed by atoms with Crippen LogP contribution in [0.2, 0.25) is 18.1 Å². The number of carbonyl (C=O) groups excluding carboxylic acids is 8. The Bertz CT molecular complexity index is 3060. The lowest BCUT2D eigenvalue weighted by molar-refractivity contribution is -0.342. The molecule has 1 N–H and O–H groups in total. The number of benzene rings is 4. The Labute approximate surface area is 496 Å². The van der Waals surface area contributed by atoms with E-state index in [0.29, 0.717) is 4.90 Å². The van der Waals surface area contributed by atoms with Crippen molar-refractivity contribution in [2.24, 2.45) is 0 Å². The molecule has 7 rings (SSSR count). The van der Waals surface area contributed by atoms with E-state index >= 15 is 0 Å². The van der Waals surface area contributed by atoms with Crippen molar-refractivity contribution in [3.8, 4) is 0 Å². The van der Waals surface area contributed by atoms with Crippen LogP contribution in [0.1, 0.15) is 116 Å². The van der Waals surface area contributed by atoms with Crippen LogP contribution in [0.5, 0.6) is 0 Å². The van der Waals surface area contributed by atoms with Crippen molar-refractivity contribution in [3.05, 3.63) is 142 Å². The maximum atomic E-state index is 14.9. The molecule has 0 bridgehead atoms. The number of hydrogen-bond acceptors (Lipinski definition) is 19. The largest absolute Gasteiger partial charge is 0.463 e. The van der Waals surface area contributed by atoms with E-state index in [2.05, 4.69) is 0 Å². The van der Waals surface area contributed by atoms with Gasteiger partial charge >= 0.3 is 29.8 Å². The van der Waals surface area contributed by atoms with Gasteiger partial charge in [-0.2, -0.15) is 0 Å². The second-order valence-electron chi connectivity index (χ2n) is 21.9. The normalized spacial score (nSPS) is 23.6. The zero-order chi connectivity index (χ0) is 60.9. The summed E-state index contributed by atoms with van der Waals surface area (Å²) in [5.41, 5.74) is 2.09. The molecule has 4 aromatic rings. The second kappa shape index (κ2) is 26.6. The quantitative estimate of drug-likeness (QED) is 0.0174. The number of halogens is 3. The molecule has 3 aliphatic rings. The monoisotopic (exact) mass is 1220 g/mol. The summed E-state index contributed by atoms with van der Waals surface area (Å²) in [5, 5.41) is 8.39. The highest BCUT2D eigenvalue weighted by molar-refractivity contribution is 6.76. The van der Waals surface area contributed by atoms with Crippen LogP contribution >= 0.6 is 34.8 Å². The number of hydrogen-bond donors (Lipinski definition) is 1. The van der Waals surface area contributed by atoms with Crippen LogP contribution in [0.4, 0.5) is 0 Å². The highest BCUT2D eigenvalue weighted by atomic mass is 35.6. The van der Waals surface area contributed by atoms with Crippen molar-refractivity contribution in [2.75, 3.05) is 13.2 Å². The van der Waals surface area contributed by atoms with Gasteiger partial charge in [0.05, 0.1) is 40.8 Å². The van der Waals surface area contributed by atoms with Gasteiger partial charge in [-0.15, -0.1) is 0 Å². The summed E-state index contributed by atoms with van der Waals surface area (Å²) in [7, 11) is -2.78. The lowest BCUT2D eigenvalue weighted by atomic mass is 9.93. The van der Waals surface area contributed by atoms with E-state index in [1.165, 1.54) is 67.6 Å². The Balaban J connectivity index is 1.48. The Kier molecular flexibility index (Phi) is 20.5. The molecule has 2 amide bonds. The van der Waals surface area contributed by atoms with E-state index in [1.807, 2.05) is 33.9 Å². The highest BCUT2D eigenvalue weighted by Gasteiger charge is 2.61. The van der Waals surface area contributed by atoms with E-state index in [0.717, 1.165) is 23.6 Å². The average molecular weight is 1220 g/mol. The SMILES string of the molecule is CC(=O)CCC(=O)OC[C@H]1O[C@@H](O[C@H]2[C@@H](OC(C)=O)[C@@H](CO[Si](C)(C)C(C)(C)C)O[C@@H](OC(=N)C(Cl)(Cl)Cl)[C@@H]2N2C(=O)c3ccccc3C2=O)[C@H](OC(=O)c2ccc(C)cc2)[C@@H](OC(=O)c2ccc(C)cc2)[C@@H]1OC(=O)c1ccc(C)cc1. The zero-order valence-electron chi connectivity index (χ0n) is 47.3. The number of imide groups is 1. The Morgan fingerprint density at radius 2 is 1.01 bits per heavy atom. The molecule has 0 aromatic heterocycles. The number of amides is 2. The number of ketones is 1. The van der Waals surface area contributed by atoms with Crippen LogP contribution in [0.15, 0.2) is 97.1 Å². The van der Waals surface area contributed by atoms with E-state index < -0.39 is 146 Å². The molecule has 444 valence electrons. The summed E-state index contributed by atoms with van der Waals surface area (Å²) in [6, 6.07) is 22.3. The number of rotatable bonds is 19. The third kappa shape index (κ3) is 15.6. The summed E-state index contributed by atoms with van der Waals surface area (Å²) < 4.78 is 61.1. The molecule has 83 heavy (non-hydrogen) atoms. The number of Topliss-reactive ketones (excluding diaryl/α,β-unsaturated/α-hetero) is 1. The number of alkyl halides is 3. The minimum Gasteiger partial charge on any atom is -0.463 e. The summed E-state index contributed by atoms with van der Waals surface area (Å²) >= 11 is 18.7. The fourth-order valence-corrected chi connectivity index (χ4v) is 10.0. The van der Waals surface area contributed by atoms with Gasteiger partial charge in [0.1, 0.15) is 36.7 Å². The number of carbonyl (C=O) groups is 8. The molecule has 10 atom stereocenters. The molecule has 4 aromatic carbocycles. The lowest BCUT2D eigenvalue weighted by Crippen LogP contribution is -2.70. The molecule has 0 spiro atoms. The molecule has 2 fully saturated rings. The Morgan fingerprint density at radius 3 is 1.46 bits per heavy atom. The first-order valence-electron chi connectivity index (χ1n) is 26.5. The predicted octanol–water partition coefficient (Wildman–Crippen LogP) is 9.32. The number of ether oxygens (including phenoxy) is 9. The number of aryl methyl sites for hydroxylation is 3. The molecular weight excluding hydrogens is 1160 g/mol. The molecule has 0 unspecified atom stereocenters. The fourth-order valence-electron chi connectivity index (χ4n) is 8.90. The Morgan fingerprint density at radius 1 is 0.578 bits per heavy atom. The van der Waals surface area contributed by atoms with E-state index in [9.17, 15) is 38.4 Å². The highest BCUT2D eigenvalue weighted by Crippen LogP contribution is 2.42. The van der Waals surface area contributed by atoms with Gasteiger partial charge in [-0.1, -0.05) is 121 Å². The zero-order valence-corrected chi connectivity index (χ0v) is 50.5. The van der Waals surface area contributed by atoms with Crippen molar-refractivity contribution in [3.63, 3.8) is 0 Å². The molecule has 3 aliphatic heterocycles. The van der Waals surface area contributed by atoms with Gasteiger partial charge in [-0.05, 0) is 94.4 Å². The average Bonchev–Trinajstić information content (AvgIpc) is 2.15. The summed E-state index contributed by atoms with van der Waals surface area (Å²) in [5.74, 6) is -8.27. The number of nitrogens with one attached hydrogen (secondary N) is 1. The maximum absolute atomic E-state index is 14.9. The van der Waals surface area contributed by atoms with Crippen LogP contribution in [-0.4, -0.2) is 145 Å². The number of nitrogens with zero attached hydrogens (tertiary/aromatic N) is 1. The maximum Gasteiger partial charge on any atom is 0.338 e. The molecule has 2 saturated heterocycles. The van der Waals surface area contributed by atoms with Crippen molar-refractivity contribution in [1.82, 2.24) is 4.90 Å². The first-order valence-corrected chi connectivity index (χ1v) is 30.5. The van der Waals surface area contributed by atoms with Gasteiger partial charge in [-0.3, -0.25) is 29.5 Å². The van der Waals surface area contributed by atoms with Crippen LogP contribution in [-0.2, 0) is 61.4 Å². The number of fused-ring (bicyclic) bond motifs is 1. The Hall–Kier alpha value is -6.56. The van der Waals surface area contributed by atoms with Gasteiger partial charge in [-0.25, -0.2) is 14.4 Å². The number of esters is 5. The smallest absolute Gasteiger partial charge is 0.338 e.